The normalized spacial score (nSPS) is 21.7. The van der Waals surface area contributed by atoms with Crippen molar-refractivity contribution in [2.75, 3.05) is 27.5 Å². The summed E-state index contributed by atoms with van der Waals surface area (Å²) >= 11 is 1.36. The van der Waals surface area contributed by atoms with Gasteiger partial charge in [-0.2, -0.15) is 0 Å². The van der Waals surface area contributed by atoms with Crippen LogP contribution in [-0.4, -0.2) is 48.8 Å². The summed E-state index contributed by atoms with van der Waals surface area (Å²) in [6.45, 7) is 8.03. The van der Waals surface area contributed by atoms with E-state index in [9.17, 15) is 13.2 Å². The summed E-state index contributed by atoms with van der Waals surface area (Å²) in [5, 5.41) is 3.72. The fourth-order valence-corrected chi connectivity index (χ4v) is 6.89. The molecule has 2 atom stereocenters. The Hall–Kier alpha value is -2.32. The minimum Gasteiger partial charge on any atom is -0.325 e. The Morgan fingerprint density at radius 1 is 1.06 bits per heavy atom. The number of carbonyl (C=O) groups excluding carboxylic acids is 1. The molecule has 31 heavy (non-hydrogen) atoms. The van der Waals surface area contributed by atoms with E-state index in [4.69, 9.17) is 4.99 Å². The first-order chi connectivity index (χ1) is 14.6. The SMILES string of the molecule is Cc1ccc(N2C(SCC(=O)Nc3c(C)cccc3C)=NC3CS(=O)(=O)CC32)cc1C. The summed E-state index contributed by atoms with van der Waals surface area (Å²) in [7, 11) is -3.11. The number of aliphatic imine (C=N–C) groups is 1. The quantitative estimate of drug-likeness (QED) is 0.758. The molecule has 1 N–H and O–H groups in total. The van der Waals surface area contributed by atoms with Crippen molar-refractivity contribution in [1.29, 1.82) is 0 Å². The zero-order valence-electron chi connectivity index (χ0n) is 18.2. The second kappa shape index (κ2) is 8.31. The molecule has 2 heterocycles. The first-order valence-electron chi connectivity index (χ1n) is 10.3. The first-order valence-corrected chi connectivity index (χ1v) is 13.1. The number of benzene rings is 2. The Balaban J connectivity index is 1.54. The van der Waals surface area contributed by atoms with Gasteiger partial charge in [-0.3, -0.25) is 9.79 Å². The van der Waals surface area contributed by atoms with E-state index in [1.54, 1.807) is 0 Å². The van der Waals surface area contributed by atoms with Gasteiger partial charge < -0.3 is 10.2 Å². The minimum atomic E-state index is -3.11. The number of hydrogen-bond acceptors (Lipinski definition) is 6. The van der Waals surface area contributed by atoms with Gasteiger partial charge in [0.25, 0.3) is 0 Å². The number of thioether (sulfide) groups is 1. The number of nitrogens with zero attached hydrogens (tertiary/aromatic N) is 2. The van der Waals surface area contributed by atoms with Gasteiger partial charge in [0.1, 0.15) is 0 Å². The predicted octanol–water partition coefficient (Wildman–Crippen LogP) is 3.63. The van der Waals surface area contributed by atoms with Crippen molar-refractivity contribution in [2.45, 2.75) is 39.8 Å². The molecule has 164 valence electrons. The van der Waals surface area contributed by atoms with Crippen LogP contribution in [0.5, 0.6) is 0 Å². The van der Waals surface area contributed by atoms with Crippen LogP contribution in [0.15, 0.2) is 41.4 Å². The Morgan fingerprint density at radius 2 is 1.77 bits per heavy atom. The maximum atomic E-state index is 12.7. The topological polar surface area (TPSA) is 78.8 Å². The molecule has 4 rings (SSSR count). The van der Waals surface area contributed by atoms with E-state index in [2.05, 4.69) is 11.4 Å². The number of amidine groups is 1. The van der Waals surface area contributed by atoms with E-state index in [1.165, 1.54) is 17.3 Å². The van der Waals surface area contributed by atoms with Crippen LogP contribution in [0.3, 0.4) is 0 Å². The lowest BCUT2D eigenvalue weighted by Gasteiger charge is -2.27. The maximum absolute atomic E-state index is 12.7. The number of aryl methyl sites for hydroxylation is 4. The lowest BCUT2D eigenvalue weighted by molar-refractivity contribution is -0.113. The van der Waals surface area contributed by atoms with Crippen LogP contribution < -0.4 is 10.2 Å². The van der Waals surface area contributed by atoms with Crippen molar-refractivity contribution < 1.29 is 13.2 Å². The number of hydrogen-bond donors (Lipinski definition) is 1. The van der Waals surface area contributed by atoms with Crippen LogP contribution >= 0.6 is 11.8 Å². The molecule has 1 saturated heterocycles. The van der Waals surface area contributed by atoms with E-state index in [0.29, 0.717) is 5.17 Å². The molecule has 0 bridgehead atoms. The smallest absolute Gasteiger partial charge is 0.234 e. The van der Waals surface area contributed by atoms with Crippen molar-refractivity contribution >= 4 is 44.0 Å². The van der Waals surface area contributed by atoms with Crippen molar-refractivity contribution in [1.82, 2.24) is 0 Å². The highest BCUT2D eigenvalue weighted by Crippen LogP contribution is 2.36. The predicted molar refractivity (Wildman–Crippen MR) is 129 cm³/mol. The van der Waals surface area contributed by atoms with Crippen molar-refractivity contribution in [3.63, 3.8) is 0 Å². The molecule has 0 aromatic heterocycles. The maximum Gasteiger partial charge on any atom is 0.234 e. The number of fused-ring (bicyclic) bond motifs is 1. The van der Waals surface area contributed by atoms with Gasteiger partial charge in [0.2, 0.25) is 5.91 Å². The number of anilines is 2. The van der Waals surface area contributed by atoms with Gasteiger partial charge in [-0.25, -0.2) is 8.42 Å². The largest absolute Gasteiger partial charge is 0.325 e. The lowest BCUT2D eigenvalue weighted by atomic mass is 10.1. The first kappa shape index (κ1) is 21.9. The number of carbonyl (C=O) groups is 1. The number of rotatable bonds is 4. The summed E-state index contributed by atoms with van der Waals surface area (Å²) in [5.74, 6) is 0.264. The molecule has 1 amide bonds. The van der Waals surface area contributed by atoms with Crippen molar-refractivity contribution in [3.8, 4) is 0 Å². The Kier molecular flexibility index (Phi) is 5.87. The number of amides is 1. The molecule has 1 fully saturated rings. The Bertz CT molecular complexity index is 1150. The zero-order valence-corrected chi connectivity index (χ0v) is 19.8. The molecule has 2 aliphatic rings. The van der Waals surface area contributed by atoms with E-state index in [-0.39, 0.29) is 35.2 Å². The molecule has 0 saturated carbocycles. The molecule has 2 aromatic carbocycles. The summed E-state index contributed by atoms with van der Waals surface area (Å²) in [6, 6.07) is 11.5. The van der Waals surface area contributed by atoms with Crippen LogP contribution in [0.25, 0.3) is 0 Å². The molecule has 2 aliphatic heterocycles. The molecule has 2 unspecified atom stereocenters. The van der Waals surface area contributed by atoms with Crippen LogP contribution in [0.4, 0.5) is 11.4 Å². The van der Waals surface area contributed by atoms with Crippen molar-refractivity contribution in [3.05, 3.63) is 58.7 Å². The highest BCUT2D eigenvalue weighted by atomic mass is 32.2. The van der Waals surface area contributed by atoms with Crippen LogP contribution in [-0.2, 0) is 14.6 Å². The van der Waals surface area contributed by atoms with Crippen molar-refractivity contribution in [2.24, 2.45) is 4.99 Å². The molecular formula is C23H27N3O3S2. The summed E-state index contributed by atoms with van der Waals surface area (Å²) < 4.78 is 24.4. The van der Waals surface area contributed by atoms with Gasteiger partial charge in [-0.15, -0.1) is 0 Å². The number of sulfone groups is 1. The minimum absolute atomic E-state index is 0.0671. The third kappa shape index (κ3) is 4.50. The standard InChI is InChI=1S/C23H27N3O3S2/c1-14-8-9-18(10-17(14)4)26-20-13-31(28,29)12-19(20)24-23(26)30-11-21(27)25-22-15(2)6-5-7-16(22)3/h5-10,19-20H,11-13H2,1-4H3,(H,25,27). The third-order valence-corrected chi connectivity index (χ3v) is 8.62. The van der Waals surface area contributed by atoms with Gasteiger partial charge in [0.05, 0.1) is 29.3 Å². The molecule has 0 aliphatic carbocycles. The van der Waals surface area contributed by atoms with E-state index in [0.717, 1.165) is 28.1 Å². The number of nitrogens with one attached hydrogen (secondary N) is 1. The van der Waals surface area contributed by atoms with E-state index < -0.39 is 9.84 Å². The molecule has 6 nitrogen and oxygen atoms in total. The monoisotopic (exact) mass is 457 g/mol. The highest BCUT2D eigenvalue weighted by Gasteiger charge is 2.47. The second-order valence-corrected chi connectivity index (χ2v) is 11.5. The Morgan fingerprint density at radius 3 is 2.45 bits per heavy atom. The average molecular weight is 458 g/mol. The molecule has 2 aromatic rings. The fourth-order valence-electron chi connectivity index (χ4n) is 4.13. The zero-order chi connectivity index (χ0) is 22.3. The highest BCUT2D eigenvalue weighted by molar-refractivity contribution is 8.14. The molecular weight excluding hydrogens is 430 g/mol. The number of para-hydroxylation sites is 1. The van der Waals surface area contributed by atoms with E-state index in [1.807, 2.05) is 62.9 Å². The van der Waals surface area contributed by atoms with Gasteiger partial charge in [-0.05, 0) is 62.1 Å². The second-order valence-electron chi connectivity index (χ2n) is 8.37. The molecule has 0 radical (unpaired) electrons. The summed E-state index contributed by atoms with van der Waals surface area (Å²) in [4.78, 5) is 19.4. The van der Waals surface area contributed by atoms with Crippen LogP contribution in [0.2, 0.25) is 0 Å². The summed E-state index contributed by atoms with van der Waals surface area (Å²) in [6.07, 6.45) is 0. The van der Waals surface area contributed by atoms with Gasteiger partial charge in [0.15, 0.2) is 15.0 Å². The summed E-state index contributed by atoms with van der Waals surface area (Å²) in [5.41, 5.74) is 6.13. The van der Waals surface area contributed by atoms with Gasteiger partial charge >= 0.3 is 0 Å². The van der Waals surface area contributed by atoms with Gasteiger partial charge in [0, 0.05) is 11.4 Å². The Labute approximate surface area is 188 Å². The average Bonchev–Trinajstić information content (AvgIpc) is 3.16. The van der Waals surface area contributed by atoms with Crippen LogP contribution in [0, 0.1) is 27.7 Å². The fraction of sp³-hybridized carbons (Fsp3) is 0.391. The molecule has 8 heteroatoms. The van der Waals surface area contributed by atoms with Gasteiger partial charge in [-0.1, -0.05) is 36.0 Å². The van der Waals surface area contributed by atoms with E-state index >= 15 is 0 Å². The van der Waals surface area contributed by atoms with Crippen LogP contribution in [0.1, 0.15) is 22.3 Å². The molecule has 0 spiro atoms. The third-order valence-electron chi connectivity index (χ3n) is 5.95. The lowest BCUT2D eigenvalue weighted by Crippen LogP contribution is -2.39.